The minimum atomic E-state index is -0.997. The van der Waals surface area contributed by atoms with Gasteiger partial charge in [0.15, 0.2) is 0 Å². The highest BCUT2D eigenvalue weighted by molar-refractivity contribution is 5.74. The predicted molar refractivity (Wildman–Crippen MR) is 71.2 cm³/mol. The Bertz CT molecular complexity index is 369. The lowest BCUT2D eigenvalue weighted by atomic mass is 9.79. The van der Waals surface area contributed by atoms with Crippen molar-refractivity contribution in [1.29, 1.82) is 0 Å². The fourth-order valence-electron chi connectivity index (χ4n) is 2.23. The standard InChI is InChI=1S/C15H22O3/c1-4-15(17,5-2)13(14(16)18-3)11-12-9-7-6-8-10-12/h6-10,13,17H,4-5,11H2,1-3H3/t13-/m1/s1. The minimum Gasteiger partial charge on any atom is -0.469 e. The van der Waals surface area contributed by atoms with E-state index >= 15 is 0 Å². The van der Waals surface area contributed by atoms with E-state index in [1.165, 1.54) is 7.11 Å². The summed E-state index contributed by atoms with van der Waals surface area (Å²) in [6.07, 6.45) is 1.58. The van der Waals surface area contributed by atoms with Gasteiger partial charge in [-0.2, -0.15) is 0 Å². The Kier molecular flexibility index (Phi) is 5.35. The Morgan fingerprint density at radius 2 is 1.83 bits per heavy atom. The van der Waals surface area contributed by atoms with Gasteiger partial charge in [0.2, 0.25) is 0 Å². The number of ether oxygens (including phenoxy) is 1. The monoisotopic (exact) mass is 250 g/mol. The number of carbonyl (C=O) groups is 1. The molecular formula is C15H22O3. The van der Waals surface area contributed by atoms with Gasteiger partial charge in [0.25, 0.3) is 0 Å². The van der Waals surface area contributed by atoms with Gasteiger partial charge in [0, 0.05) is 0 Å². The second-order valence-corrected chi connectivity index (χ2v) is 4.58. The van der Waals surface area contributed by atoms with Gasteiger partial charge in [-0.1, -0.05) is 44.2 Å². The zero-order valence-electron chi connectivity index (χ0n) is 11.3. The Balaban J connectivity index is 2.96. The van der Waals surface area contributed by atoms with Gasteiger partial charge in [0.1, 0.15) is 0 Å². The lowest BCUT2D eigenvalue weighted by Gasteiger charge is -2.32. The molecule has 1 N–H and O–H groups in total. The normalized spacial score (nSPS) is 13.1. The van der Waals surface area contributed by atoms with E-state index in [-0.39, 0.29) is 5.97 Å². The van der Waals surface area contributed by atoms with E-state index in [1.807, 2.05) is 44.2 Å². The third-order valence-corrected chi connectivity index (χ3v) is 3.64. The van der Waals surface area contributed by atoms with Crippen molar-refractivity contribution >= 4 is 5.97 Å². The maximum atomic E-state index is 11.9. The van der Waals surface area contributed by atoms with Gasteiger partial charge >= 0.3 is 5.97 Å². The van der Waals surface area contributed by atoms with Crippen LogP contribution >= 0.6 is 0 Å². The van der Waals surface area contributed by atoms with Crippen LogP contribution in [0.1, 0.15) is 32.3 Å². The van der Waals surface area contributed by atoms with Gasteiger partial charge in [-0.05, 0) is 24.8 Å². The zero-order valence-corrected chi connectivity index (χ0v) is 11.3. The van der Waals surface area contributed by atoms with E-state index in [9.17, 15) is 9.90 Å². The molecule has 0 saturated heterocycles. The lowest BCUT2D eigenvalue weighted by Crippen LogP contribution is -2.43. The first-order chi connectivity index (χ1) is 8.57. The van der Waals surface area contributed by atoms with Crippen molar-refractivity contribution in [2.75, 3.05) is 7.11 Å². The highest BCUT2D eigenvalue weighted by Crippen LogP contribution is 2.29. The summed E-state index contributed by atoms with van der Waals surface area (Å²) in [5, 5.41) is 10.6. The van der Waals surface area contributed by atoms with Crippen molar-refractivity contribution in [3.8, 4) is 0 Å². The van der Waals surface area contributed by atoms with E-state index in [2.05, 4.69) is 0 Å². The molecule has 0 amide bonds. The van der Waals surface area contributed by atoms with Gasteiger partial charge in [-0.3, -0.25) is 4.79 Å². The molecule has 0 bridgehead atoms. The number of hydrogen-bond donors (Lipinski definition) is 1. The average molecular weight is 250 g/mol. The molecule has 0 spiro atoms. The van der Waals surface area contributed by atoms with E-state index < -0.39 is 11.5 Å². The molecule has 0 radical (unpaired) electrons. The molecule has 1 rings (SSSR count). The zero-order chi connectivity index (χ0) is 13.6. The topological polar surface area (TPSA) is 46.5 Å². The van der Waals surface area contributed by atoms with Crippen LogP contribution in [0.2, 0.25) is 0 Å². The van der Waals surface area contributed by atoms with Crippen molar-refractivity contribution < 1.29 is 14.6 Å². The molecule has 0 aromatic heterocycles. The summed E-state index contributed by atoms with van der Waals surface area (Å²) in [7, 11) is 1.37. The second kappa shape index (κ2) is 6.55. The molecule has 0 saturated carbocycles. The Hall–Kier alpha value is -1.35. The van der Waals surface area contributed by atoms with Crippen molar-refractivity contribution in [2.24, 2.45) is 5.92 Å². The number of rotatable bonds is 6. The summed E-state index contributed by atoms with van der Waals surface area (Å²) >= 11 is 0. The molecule has 0 fully saturated rings. The lowest BCUT2D eigenvalue weighted by molar-refractivity contribution is -0.156. The molecule has 0 unspecified atom stereocenters. The fraction of sp³-hybridized carbons (Fsp3) is 0.533. The first-order valence-corrected chi connectivity index (χ1v) is 6.41. The van der Waals surface area contributed by atoms with E-state index in [0.29, 0.717) is 19.3 Å². The molecule has 18 heavy (non-hydrogen) atoms. The molecule has 3 heteroatoms. The molecule has 1 aromatic carbocycles. The molecule has 100 valence electrons. The number of benzene rings is 1. The van der Waals surface area contributed by atoms with Crippen LogP contribution in [0.3, 0.4) is 0 Å². The van der Waals surface area contributed by atoms with Crippen molar-refractivity contribution in [1.82, 2.24) is 0 Å². The van der Waals surface area contributed by atoms with Crippen molar-refractivity contribution in [3.05, 3.63) is 35.9 Å². The third kappa shape index (κ3) is 3.33. The Morgan fingerprint density at radius 1 is 1.28 bits per heavy atom. The summed E-state index contributed by atoms with van der Waals surface area (Å²) in [6.45, 7) is 3.79. The number of hydrogen-bond acceptors (Lipinski definition) is 3. The van der Waals surface area contributed by atoms with E-state index in [0.717, 1.165) is 5.56 Å². The molecule has 0 aliphatic carbocycles. The third-order valence-electron chi connectivity index (χ3n) is 3.64. The number of esters is 1. The van der Waals surface area contributed by atoms with Crippen LogP contribution in [-0.2, 0) is 16.0 Å². The van der Waals surface area contributed by atoms with Crippen LogP contribution in [0, 0.1) is 5.92 Å². The first kappa shape index (κ1) is 14.7. The predicted octanol–water partition coefficient (Wildman–Crippen LogP) is 2.57. The van der Waals surface area contributed by atoms with Crippen molar-refractivity contribution in [3.63, 3.8) is 0 Å². The summed E-state index contributed by atoms with van der Waals surface area (Å²) < 4.78 is 4.84. The van der Waals surface area contributed by atoms with Crippen molar-refractivity contribution in [2.45, 2.75) is 38.7 Å². The van der Waals surface area contributed by atoms with Gasteiger partial charge < -0.3 is 9.84 Å². The molecule has 1 aromatic rings. The van der Waals surface area contributed by atoms with Gasteiger partial charge in [-0.15, -0.1) is 0 Å². The largest absolute Gasteiger partial charge is 0.469 e. The molecule has 0 aliphatic heterocycles. The van der Waals surface area contributed by atoms with Gasteiger partial charge in [-0.25, -0.2) is 0 Å². The van der Waals surface area contributed by atoms with Gasteiger partial charge in [0.05, 0.1) is 18.6 Å². The highest BCUT2D eigenvalue weighted by Gasteiger charge is 2.39. The molecular weight excluding hydrogens is 228 g/mol. The van der Waals surface area contributed by atoms with Crippen LogP contribution in [0.5, 0.6) is 0 Å². The average Bonchev–Trinajstić information content (AvgIpc) is 2.44. The smallest absolute Gasteiger partial charge is 0.311 e. The summed E-state index contributed by atoms with van der Waals surface area (Å²) in [5.74, 6) is -0.857. The summed E-state index contributed by atoms with van der Waals surface area (Å²) in [5.41, 5.74) is 0.0383. The SMILES string of the molecule is CCC(O)(CC)[C@H](Cc1ccccc1)C(=O)OC. The van der Waals surface area contributed by atoms with Crippen LogP contribution in [0.15, 0.2) is 30.3 Å². The molecule has 0 aliphatic rings. The maximum Gasteiger partial charge on any atom is 0.311 e. The quantitative estimate of drug-likeness (QED) is 0.789. The fourth-order valence-corrected chi connectivity index (χ4v) is 2.23. The van der Waals surface area contributed by atoms with E-state index in [4.69, 9.17) is 4.74 Å². The minimum absolute atomic E-state index is 0.343. The Morgan fingerprint density at radius 3 is 2.28 bits per heavy atom. The van der Waals surface area contributed by atoms with Crippen LogP contribution in [0.25, 0.3) is 0 Å². The number of methoxy groups -OCH3 is 1. The Labute approximate surface area is 109 Å². The first-order valence-electron chi connectivity index (χ1n) is 6.41. The summed E-state index contributed by atoms with van der Waals surface area (Å²) in [4.78, 5) is 11.9. The number of aliphatic hydroxyl groups is 1. The molecule has 3 nitrogen and oxygen atoms in total. The molecule has 1 atom stereocenters. The van der Waals surface area contributed by atoms with Crippen LogP contribution < -0.4 is 0 Å². The second-order valence-electron chi connectivity index (χ2n) is 4.58. The highest BCUT2D eigenvalue weighted by atomic mass is 16.5. The summed E-state index contributed by atoms with van der Waals surface area (Å²) in [6, 6.07) is 9.72. The molecule has 0 heterocycles. The van der Waals surface area contributed by atoms with Crippen LogP contribution in [0.4, 0.5) is 0 Å². The van der Waals surface area contributed by atoms with Crippen LogP contribution in [-0.4, -0.2) is 23.8 Å². The maximum absolute atomic E-state index is 11.9. The number of carbonyl (C=O) groups excluding carboxylic acids is 1. The van der Waals surface area contributed by atoms with E-state index in [1.54, 1.807) is 0 Å².